The molecule has 0 atom stereocenters. The van der Waals surface area contributed by atoms with Gasteiger partial charge in [-0.2, -0.15) is 0 Å². The molecule has 0 fully saturated rings. The fraction of sp³-hybridized carbons (Fsp3) is 0.600. The predicted octanol–water partition coefficient (Wildman–Crippen LogP) is 2.28. The Morgan fingerprint density at radius 1 is 1.47 bits per heavy atom. The highest BCUT2D eigenvalue weighted by Gasteiger charge is 2.03. The number of nitrogens with zero attached hydrogens (tertiary/aromatic N) is 2. The average molecular weight is 230 g/mol. The Bertz CT molecular complexity index is 307. The Kier molecular flexibility index (Phi) is 5.36. The van der Waals surface area contributed by atoms with Crippen molar-refractivity contribution >= 4 is 17.4 Å². The molecule has 1 rings (SSSR count). The van der Waals surface area contributed by atoms with Gasteiger partial charge in [-0.15, -0.1) is 0 Å². The van der Waals surface area contributed by atoms with Gasteiger partial charge >= 0.3 is 0 Å². The lowest BCUT2D eigenvalue weighted by atomic mass is 10.3. The molecule has 0 saturated carbocycles. The summed E-state index contributed by atoms with van der Waals surface area (Å²) >= 11 is 5.86. The average Bonchev–Trinajstić information content (AvgIpc) is 2.24. The third kappa shape index (κ3) is 4.01. The van der Waals surface area contributed by atoms with Crippen molar-refractivity contribution in [3.05, 3.63) is 17.0 Å². The van der Waals surface area contributed by atoms with E-state index in [2.05, 4.69) is 15.3 Å². The largest absolute Gasteiger partial charge is 0.382 e. The van der Waals surface area contributed by atoms with E-state index in [9.17, 15) is 0 Å². The summed E-state index contributed by atoms with van der Waals surface area (Å²) in [5, 5.41) is 3.69. The summed E-state index contributed by atoms with van der Waals surface area (Å²) in [6.45, 7) is 6.24. The number of aromatic nitrogens is 2. The minimum absolute atomic E-state index is 0.498. The minimum Gasteiger partial charge on any atom is -0.382 e. The maximum absolute atomic E-state index is 5.86. The monoisotopic (exact) mass is 229 g/mol. The van der Waals surface area contributed by atoms with E-state index >= 15 is 0 Å². The molecule has 0 amide bonds. The van der Waals surface area contributed by atoms with E-state index in [1.54, 1.807) is 0 Å². The zero-order chi connectivity index (χ0) is 11.1. The summed E-state index contributed by atoms with van der Waals surface area (Å²) in [6.07, 6.45) is 2.41. The normalized spacial score (nSPS) is 10.3. The van der Waals surface area contributed by atoms with E-state index in [4.69, 9.17) is 16.3 Å². The highest BCUT2D eigenvalue weighted by atomic mass is 35.5. The zero-order valence-electron chi connectivity index (χ0n) is 9.09. The van der Waals surface area contributed by atoms with Crippen molar-refractivity contribution in [2.45, 2.75) is 20.3 Å². The van der Waals surface area contributed by atoms with Crippen LogP contribution in [-0.4, -0.2) is 29.7 Å². The smallest absolute Gasteiger partial charge is 0.137 e. The second kappa shape index (κ2) is 6.58. The molecule has 5 heteroatoms. The lowest BCUT2D eigenvalue weighted by molar-refractivity contribution is 0.147. The topological polar surface area (TPSA) is 47.0 Å². The third-order valence-corrected chi connectivity index (χ3v) is 2.37. The number of nitrogens with one attached hydrogen (secondary N) is 1. The molecule has 1 aromatic heterocycles. The standard InChI is InChI=1S/C10H16ClN3O/c1-3-15-6-4-5-12-10-8(2)9(11)13-7-14-10/h7H,3-6H2,1-2H3,(H,12,13,14). The molecular formula is C10H16ClN3O. The third-order valence-electron chi connectivity index (χ3n) is 1.98. The van der Waals surface area contributed by atoms with Crippen LogP contribution in [0.25, 0.3) is 0 Å². The van der Waals surface area contributed by atoms with Crippen LogP contribution < -0.4 is 5.32 Å². The first-order valence-corrected chi connectivity index (χ1v) is 5.42. The van der Waals surface area contributed by atoms with Crippen LogP contribution in [0.15, 0.2) is 6.33 Å². The van der Waals surface area contributed by atoms with Gasteiger partial charge in [-0.3, -0.25) is 0 Å². The Labute approximate surface area is 95.0 Å². The van der Waals surface area contributed by atoms with Gasteiger partial charge in [0.15, 0.2) is 0 Å². The maximum atomic E-state index is 5.86. The Morgan fingerprint density at radius 3 is 3.00 bits per heavy atom. The van der Waals surface area contributed by atoms with Crippen molar-refractivity contribution in [3.8, 4) is 0 Å². The summed E-state index contributed by atoms with van der Waals surface area (Å²) in [5.74, 6) is 0.798. The number of rotatable bonds is 6. The number of hydrogen-bond donors (Lipinski definition) is 1. The molecule has 0 spiro atoms. The SMILES string of the molecule is CCOCCCNc1ncnc(Cl)c1C. The van der Waals surface area contributed by atoms with Gasteiger partial charge in [0, 0.05) is 25.3 Å². The van der Waals surface area contributed by atoms with E-state index in [1.807, 2.05) is 13.8 Å². The van der Waals surface area contributed by atoms with Crippen LogP contribution in [0, 0.1) is 6.92 Å². The van der Waals surface area contributed by atoms with Crippen molar-refractivity contribution in [2.75, 3.05) is 25.1 Å². The molecule has 0 bridgehead atoms. The summed E-state index contributed by atoms with van der Waals surface area (Å²) < 4.78 is 5.23. The molecule has 0 radical (unpaired) electrons. The molecule has 4 nitrogen and oxygen atoms in total. The number of ether oxygens (including phenoxy) is 1. The van der Waals surface area contributed by atoms with Crippen LogP contribution in [0.4, 0.5) is 5.82 Å². The molecule has 84 valence electrons. The van der Waals surface area contributed by atoms with Gasteiger partial charge in [-0.05, 0) is 20.3 Å². The molecular weight excluding hydrogens is 214 g/mol. The van der Waals surface area contributed by atoms with Crippen LogP contribution >= 0.6 is 11.6 Å². The van der Waals surface area contributed by atoms with Crippen molar-refractivity contribution < 1.29 is 4.74 Å². The Hall–Kier alpha value is -0.870. The van der Waals surface area contributed by atoms with Gasteiger partial charge < -0.3 is 10.1 Å². The van der Waals surface area contributed by atoms with E-state index < -0.39 is 0 Å². The van der Waals surface area contributed by atoms with Crippen molar-refractivity contribution in [1.82, 2.24) is 9.97 Å². The van der Waals surface area contributed by atoms with Crippen LogP contribution in [0.1, 0.15) is 18.9 Å². The maximum Gasteiger partial charge on any atom is 0.137 e. The van der Waals surface area contributed by atoms with E-state index in [0.717, 1.165) is 37.6 Å². The molecule has 0 aromatic carbocycles. The summed E-state index contributed by atoms with van der Waals surface area (Å²) in [6, 6.07) is 0. The minimum atomic E-state index is 0.498. The van der Waals surface area contributed by atoms with Gasteiger partial charge in [0.2, 0.25) is 0 Å². The molecule has 1 heterocycles. The lowest BCUT2D eigenvalue weighted by Crippen LogP contribution is -2.08. The molecule has 0 unspecified atom stereocenters. The zero-order valence-corrected chi connectivity index (χ0v) is 9.84. The predicted molar refractivity (Wildman–Crippen MR) is 61.4 cm³/mol. The van der Waals surface area contributed by atoms with Crippen LogP contribution in [0.5, 0.6) is 0 Å². The first-order chi connectivity index (χ1) is 7.25. The first kappa shape index (κ1) is 12.2. The van der Waals surface area contributed by atoms with Crippen LogP contribution in [0.2, 0.25) is 5.15 Å². The van der Waals surface area contributed by atoms with Crippen molar-refractivity contribution in [2.24, 2.45) is 0 Å². The fourth-order valence-electron chi connectivity index (χ4n) is 1.13. The van der Waals surface area contributed by atoms with Crippen molar-refractivity contribution in [1.29, 1.82) is 0 Å². The second-order valence-corrected chi connectivity index (χ2v) is 3.47. The van der Waals surface area contributed by atoms with E-state index in [-0.39, 0.29) is 0 Å². The first-order valence-electron chi connectivity index (χ1n) is 5.04. The molecule has 0 aliphatic heterocycles. The highest BCUT2D eigenvalue weighted by Crippen LogP contribution is 2.17. The highest BCUT2D eigenvalue weighted by molar-refractivity contribution is 6.30. The van der Waals surface area contributed by atoms with Gasteiger partial charge in [-0.1, -0.05) is 11.6 Å². The van der Waals surface area contributed by atoms with Gasteiger partial charge in [0.1, 0.15) is 17.3 Å². The second-order valence-electron chi connectivity index (χ2n) is 3.12. The summed E-state index contributed by atoms with van der Waals surface area (Å²) in [5.41, 5.74) is 0.885. The summed E-state index contributed by atoms with van der Waals surface area (Å²) in [7, 11) is 0. The van der Waals surface area contributed by atoms with Crippen molar-refractivity contribution in [3.63, 3.8) is 0 Å². The summed E-state index contributed by atoms with van der Waals surface area (Å²) in [4.78, 5) is 8.00. The fourth-order valence-corrected chi connectivity index (χ4v) is 1.27. The molecule has 1 aromatic rings. The lowest BCUT2D eigenvalue weighted by Gasteiger charge is -2.08. The van der Waals surface area contributed by atoms with E-state index in [1.165, 1.54) is 6.33 Å². The van der Waals surface area contributed by atoms with Gasteiger partial charge in [0.25, 0.3) is 0 Å². The van der Waals surface area contributed by atoms with Crippen LogP contribution in [-0.2, 0) is 4.74 Å². The number of halogens is 1. The van der Waals surface area contributed by atoms with Crippen LogP contribution in [0.3, 0.4) is 0 Å². The molecule has 0 aliphatic carbocycles. The molecule has 1 N–H and O–H groups in total. The van der Waals surface area contributed by atoms with E-state index in [0.29, 0.717) is 5.15 Å². The Morgan fingerprint density at radius 2 is 2.27 bits per heavy atom. The number of hydrogen-bond acceptors (Lipinski definition) is 4. The van der Waals surface area contributed by atoms with Gasteiger partial charge in [-0.25, -0.2) is 9.97 Å². The van der Waals surface area contributed by atoms with Gasteiger partial charge in [0.05, 0.1) is 0 Å². The Balaban J connectivity index is 2.34. The molecule has 15 heavy (non-hydrogen) atoms. The quantitative estimate of drug-likeness (QED) is 0.601. The molecule has 0 aliphatic rings. The molecule has 0 saturated heterocycles. The number of anilines is 1.